The highest BCUT2D eigenvalue weighted by atomic mass is 16.5. The molecular formula is C28H34N2O4. The fraction of sp³-hybridized carbons (Fsp3) is 0.429. The first-order valence-electron chi connectivity index (χ1n) is 12.2. The first-order chi connectivity index (χ1) is 16.6. The van der Waals surface area contributed by atoms with Crippen LogP contribution in [0.1, 0.15) is 38.3 Å². The van der Waals surface area contributed by atoms with Crippen LogP contribution < -0.4 is 4.74 Å². The molecule has 0 amide bonds. The van der Waals surface area contributed by atoms with Gasteiger partial charge in [-0.15, -0.1) is 0 Å². The van der Waals surface area contributed by atoms with Gasteiger partial charge in [-0.3, -0.25) is 4.68 Å². The highest BCUT2D eigenvalue weighted by Gasteiger charge is 2.25. The standard InChI is InChI=1S/C28H34N2O4/c1-3-25-27(23-10-7-11-24(16-23)33-2)28(22-8-5-4-6-9-22)29-30(25)17-20-12-14-21(15-13-20)18-34-19-26(31)32/h4-11,16,20-21H,3,12-15,17-19H2,1-2H3,(H,31,32). The second-order valence-electron chi connectivity index (χ2n) is 9.10. The molecule has 4 rings (SSSR count). The van der Waals surface area contributed by atoms with Crippen LogP contribution in [-0.4, -0.2) is 41.2 Å². The summed E-state index contributed by atoms with van der Waals surface area (Å²) in [7, 11) is 1.70. The zero-order valence-electron chi connectivity index (χ0n) is 20.1. The lowest BCUT2D eigenvalue weighted by molar-refractivity contribution is -0.142. The summed E-state index contributed by atoms with van der Waals surface area (Å²) in [6, 6.07) is 18.6. The summed E-state index contributed by atoms with van der Waals surface area (Å²) in [5, 5.41) is 13.9. The third-order valence-electron chi connectivity index (χ3n) is 6.77. The van der Waals surface area contributed by atoms with Gasteiger partial charge in [-0.2, -0.15) is 5.10 Å². The predicted molar refractivity (Wildman–Crippen MR) is 133 cm³/mol. The maximum Gasteiger partial charge on any atom is 0.329 e. The molecule has 3 aromatic rings. The summed E-state index contributed by atoms with van der Waals surface area (Å²) in [4.78, 5) is 10.7. The lowest BCUT2D eigenvalue weighted by Gasteiger charge is -2.28. The fourth-order valence-electron chi connectivity index (χ4n) is 5.03. The largest absolute Gasteiger partial charge is 0.497 e. The van der Waals surface area contributed by atoms with E-state index < -0.39 is 5.97 Å². The molecule has 34 heavy (non-hydrogen) atoms. The fourth-order valence-corrected chi connectivity index (χ4v) is 5.03. The quantitative estimate of drug-likeness (QED) is 0.419. The molecule has 0 atom stereocenters. The van der Waals surface area contributed by atoms with Crippen molar-refractivity contribution in [3.8, 4) is 28.1 Å². The first-order valence-corrected chi connectivity index (χ1v) is 12.2. The van der Waals surface area contributed by atoms with Gasteiger partial charge in [0.2, 0.25) is 0 Å². The zero-order chi connectivity index (χ0) is 23.9. The van der Waals surface area contributed by atoms with Crippen LogP contribution in [0.25, 0.3) is 22.4 Å². The highest BCUT2D eigenvalue weighted by Crippen LogP contribution is 2.38. The summed E-state index contributed by atoms with van der Waals surface area (Å²) in [6.45, 7) is 3.43. The number of rotatable bonds is 10. The highest BCUT2D eigenvalue weighted by molar-refractivity contribution is 5.83. The van der Waals surface area contributed by atoms with Crippen molar-refractivity contribution >= 4 is 5.97 Å². The summed E-state index contributed by atoms with van der Waals surface area (Å²) < 4.78 is 13.1. The van der Waals surface area contributed by atoms with E-state index in [1.165, 1.54) is 11.3 Å². The molecule has 180 valence electrons. The molecule has 1 aliphatic carbocycles. The van der Waals surface area contributed by atoms with E-state index in [4.69, 9.17) is 19.7 Å². The van der Waals surface area contributed by atoms with Crippen molar-refractivity contribution in [2.24, 2.45) is 11.8 Å². The molecule has 1 heterocycles. The van der Waals surface area contributed by atoms with Crippen LogP contribution in [0.2, 0.25) is 0 Å². The van der Waals surface area contributed by atoms with Crippen LogP contribution in [0, 0.1) is 11.8 Å². The Morgan fingerprint density at radius 3 is 2.41 bits per heavy atom. The second kappa shape index (κ2) is 11.3. The van der Waals surface area contributed by atoms with Crippen LogP contribution in [-0.2, 0) is 22.5 Å². The summed E-state index contributed by atoms with van der Waals surface area (Å²) >= 11 is 0. The van der Waals surface area contributed by atoms with Gasteiger partial charge < -0.3 is 14.6 Å². The van der Waals surface area contributed by atoms with Gasteiger partial charge in [-0.05, 0) is 61.6 Å². The van der Waals surface area contributed by atoms with Crippen molar-refractivity contribution < 1.29 is 19.4 Å². The molecule has 1 fully saturated rings. The van der Waals surface area contributed by atoms with Crippen molar-refractivity contribution in [2.75, 3.05) is 20.3 Å². The summed E-state index contributed by atoms with van der Waals surface area (Å²) in [5.74, 6) is 0.948. The van der Waals surface area contributed by atoms with E-state index in [-0.39, 0.29) is 6.61 Å². The molecular weight excluding hydrogens is 428 g/mol. The molecule has 0 saturated heterocycles. The second-order valence-corrected chi connectivity index (χ2v) is 9.10. The Balaban J connectivity index is 1.58. The van der Waals surface area contributed by atoms with Gasteiger partial charge in [0.1, 0.15) is 18.1 Å². The van der Waals surface area contributed by atoms with Crippen LogP contribution in [0.3, 0.4) is 0 Å². The van der Waals surface area contributed by atoms with E-state index in [9.17, 15) is 4.79 Å². The third-order valence-corrected chi connectivity index (χ3v) is 6.77. The summed E-state index contributed by atoms with van der Waals surface area (Å²) in [5.41, 5.74) is 5.69. The van der Waals surface area contributed by atoms with E-state index in [0.29, 0.717) is 18.4 Å². The van der Waals surface area contributed by atoms with Crippen molar-refractivity contribution in [1.29, 1.82) is 0 Å². The smallest absolute Gasteiger partial charge is 0.329 e. The van der Waals surface area contributed by atoms with Crippen LogP contribution in [0.5, 0.6) is 5.75 Å². The molecule has 1 aliphatic rings. The van der Waals surface area contributed by atoms with E-state index in [0.717, 1.165) is 61.2 Å². The van der Waals surface area contributed by atoms with Gasteiger partial charge in [0.15, 0.2) is 0 Å². The number of aliphatic carboxylic acids is 1. The predicted octanol–water partition coefficient (Wildman–Crippen LogP) is 5.70. The average molecular weight is 463 g/mol. The van der Waals surface area contributed by atoms with Crippen molar-refractivity contribution in [3.05, 3.63) is 60.3 Å². The molecule has 0 bridgehead atoms. The number of carbonyl (C=O) groups is 1. The Kier molecular flexibility index (Phi) is 8.01. The number of hydrogen-bond acceptors (Lipinski definition) is 4. The van der Waals surface area contributed by atoms with E-state index in [1.807, 2.05) is 18.2 Å². The molecule has 6 heteroatoms. The van der Waals surface area contributed by atoms with E-state index >= 15 is 0 Å². The lowest BCUT2D eigenvalue weighted by atomic mass is 9.82. The minimum Gasteiger partial charge on any atom is -0.497 e. The van der Waals surface area contributed by atoms with Gasteiger partial charge in [-0.25, -0.2) is 4.79 Å². The molecule has 0 spiro atoms. The molecule has 2 aromatic carbocycles. The topological polar surface area (TPSA) is 73.6 Å². The maximum atomic E-state index is 10.7. The van der Waals surface area contributed by atoms with Gasteiger partial charge in [-0.1, -0.05) is 49.4 Å². The number of aromatic nitrogens is 2. The molecule has 1 saturated carbocycles. The number of carboxylic acid groups (broad SMARTS) is 1. The van der Waals surface area contributed by atoms with Crippen molar-refractivity contribution in [3.63, 3.8) is 0 Å². The van der Waals surface area contributed by atoms with Crippen LogP contribution in [0.15, 0.2) is 54.6 Å². The summed E-state index contributed by atoms with van der Waals surface area (Å²) in [6.07, 6.45) is 5.26. The zero-order valence-corrected chi connectivity index (χ0v) is 20.1. The Morgan fingerprint density at radius 1 is 1.03 bits per heavy atom. The number of ether oxygens (including phenoxy) is 2. The number of hydrogen-bond donors (Lipinski definition) is 1. The van der Waals surface area contributed by atoms with Crippen LogP contribution in [0.4, 0.5) is 0 Å². The molecule has 1 N–H and O–H groups in total. The van der Waals surface area contributed by atoms with Gasteiger partial charge in [0.05, 0.1) is 13.7 Å². The Labute approximate surface area is 201 Å². The van der Waals surface area contributed by atoms with E-state index in [2.05, 4.69) is 48.0 Å². The maximum absolute atomic E-state index is 10.7. The molecule has 0 aliphatic heterocycles. The Morgan fingerprint density at radius 2 is 1.74 bits per heavy atom. The molecule has 1 aromatic heterocycles. The molecule has 0 radical (unpaired) electrons. The SMILES string of the molecule is CCc1c(-c2cccc(OC)c2)c(-c2ccccc2)nn1CC1CCC(COCC(=O)O)CC1. The minimum atomic E-state index is -0.902. The first kappa shape index (κ1) is 24.0. The van der Waals surface area contributed by atoms with Gasteiger partial charge in [0, 0.05) is 23.4 Å². The number of benzene rings is 2. The minimum absolute atomic E-state index is 0.206. The Hall–Kier alpha value is -3.12. The lowest BCUT2D eigenvalue weighted by Crippen LogP contribution is -2.23. The van der Waals surface area contributed by atoms with Crippen molar-refractivity contribution in [2.45, 2.75) is 45.6 Å². The van der Waals surface area contributed by atoms with Gasteiger partial charge >= 0.3 is 5.97 Å². The average Bonchev–Trinajstić information content (AvgIpc) is 3.23. The monoisotopic (exact) mass is 462 g/mol. The number of methoxy groups -OCH3 is 1. The molecule has 6 nitrogen and oxygen atoms in total. The van der Waals surface area contributed by atoms with E-state index in [1.54, 1.807) is 7.11 Å². The number of carboxylic acids is 1. The van der Waals surface area contributed by atoms with Crippen molar-refractivity contribution in [1.82, 2.24) is 9.78 Å². The third kappa shape index (κ3) is 5.68. The van der Waals surface area contributed by atoms with Crippen LogP contribution >= 0.6 is 0 Å². The Bertz CT molecular complexity index is 1090. The number of nitrogens with zero attached hydrogens (tertiary/aromatic N) is 2. The molecule has 0 unspecified atom stereocenters. The normalized spacial score (nSPS) is 18.1. The van der Waals surface area contributed by atoms with Gasteiger partial charge in [0.25, 0.3) is 0 Å².